The van der Waals surface area contributed by atoms with Gasteiger partial charge < -0.3 is 15.5 Å². The molecule has 4 nitrogen and oxygen atoms in total. The van der Waals surface area contributed by atoms with E-state index in [0.717, 1.165) is 12.2 Å². The standard InChI is InChI=1S/C14H24N4/c1-11(15)14-7-6-12(9-16-14)18(3)13-5-4-8-17(2)10-13/h6-7,9,11,13H,4-5,8,10,15H2,1-3H3/t11-,13?/m0/s1. The first kappa shape index (κ1) is 13.3. The highest BCUT2D eigenvalue weighted by Gasteiger charge is 2.21. The maximum Gasteiger partial charge on any atom is 0.0569 e. The first-order chi connectivity index (χ1) is 8.58. The predicted octanol–water partition coefficient (Wildman–Crippen LogP) is 1.63. The van der Waals surface area contributed by atoms with Crippen molar-refractivity contribution >= 4 is 5.69 Å². The molecule has 18 heavy (non-hydrogen) atoms. The molecule has 1 unspecified atom stereocenters. The Morgan fingerprint density at radius 2 is 2.28 bits per heavy atom. The number of likely N-dealkylation sites (tertiary alicyclic amines) is 1. The van der Waals surface area contributed by atoms with E-state index in [0.29, 0.717) is 6.04 Å². The van der Waals surface area contributed by atoms with E-state index in [1.807, 2.05) is 19.2 Å². The molecule has 0 radical (unpaired) electrons. The van der Waals surface area contributed by atoms with Crippen LogP contribution in [-0.4, -0.2) is 43.1 Å². The number of anilines is 1. The van der Waals surface area contributed by atoms with Crippen LogP contribution in [0.3, 0.4) is 0 Å². The molecule has 1 saturated heterocycles. The fourth-order valence-corrected chi connectivity index (χ4v) is 2.54. The third kappa shape index (κ3) is 3.00. The van der Waals surface area contributed by atoms with Gasteiger partial charge >= 0.3 is 0 Å². The fraction of sp³-hybridized carbons (Fsp3) is 0.643. The van der Waals surface area contributed by atoms with E-state index in [-0.39, 0.29) is 6.04 Å². The first-order valence-electron chi connectivity index (χ1n) is 6.71. The van der Waals surface area contributed by atoms with Crippen molar-refractivity contribution in [1.29, 1.82) is 0 Å². The molecule has 100 valence electrons. The molecule has 0 amide bonds. The number of nitrogens with zero attached hydrogens (tertiary/aromatic N) is 3. The number of pyridine rings is 1. The molecule has 2 heterocycles. The predicted molar refractivity (Wildman–Crippen MR) is 75.8 cm³/mol. The van der Waals surface area contributed by atoms with Crippen LogP contribution in [0.2, 0.25) is 0 Å². The second-order valence-corrected chi connectivity index (χ2v) is 5.40. The Hall–Kier alpha value is -1.13. The van der Waals surface area contributed by atoms with Crippen molar-refractivity contribution in [2.75, 3.05) is 32.1 Å². The summed E-state index contributed by atoms with van der Waals surface area (Å²) < 4.78 is 0. The third-order valence-electron chi connectivity index (χ3n) is 3.79. The Bertz CT molecular complexity index is 374. The van der Waals surface area contributed by atoms with Crippen molar-refractivity contribution in [3.05, 3.63) is 24.0 Å². The van der Waals surface area contributed by atoms with Crippen molar-refractivity contribution in [1.82, 2.24) is 9.88 Å². The van der Waals surface area contributed by atoms with Crippen molar-refractivity contribution in [3.63, 3.8) is 0 Å². The zero-order valence-corrected chi connectivity index (χ0v) is 11.6. The molecule has 4 heteroatoms. The smallest absolute Gasteiger partial charge is 0.0569 e. The minimum atomic E-state index is 0.00479. The molecule has 1 fully saturated rings. The lowest BCUT2D eigenvalue weighted by molar-refractivity contribution is 0.248. The molecule has 1 aliphatic rings. The van der Waals surface area contributed by atoms with Gasteiger partial charge in [-0.3, -0.25) is 4.98 Å². The summed E-state index contributed by atoms with van der Waals surface area (Å²) in [4.78, 5) is 9.17. The molecule has 1 aliphatic heterocycles. The van der Waals surface area contributed by atoms with Gasteiger partial charge in [-0.15, -0.1) is 0 Å². The Balaban J connectivity index is 2.05. The molecule has 1 aromatic rings. The average Bonchev–Trinajstić information content (AvgIpc) is 2.38. The van der Waals surface area contributed by atoms with Gasteiger partial charge in [-0.1, -0.05) is 0 Å². The van der Waals surface area contributed by atoms with E-state index in [1.54, 1.807) is 0 Å². The SMILES string of the molecule is C[C@H](N)c1ccc(N(C)C2CCCN(C)C2)cn1. The molecule has 1 aromatic heterocycles. The second kappa shape index (κ2) is 5.67. The molecular formula is C14H24N4. The van der Waals surface area contributed by atoms with Gasteiger partial charge in [0.05, 0.1) is 17.6 Å². The summed E-state index contributed by atoms with van der Waals surface area (Å²) in [5, 5.41) is 0. The van der Waals surface area contributed by atoms with Crippen LogP contribution in [0.15, 0.2) is 18.3 Å². The van der Waals surface area contributed by atoms with Gasteiger partial charge in [-0.25, -0.2) is 0 Å². The molecule has 2 N–H and O–H groups in total. The largest absolute Gasteiger partial charge is 0.369 e. The summed E-state index contributed by atoms with van der Waals surface area (Å²) >= 11 is 0. The van der Waals surface area contributed by atoms with Gasteiger partial charge in [-0.05, 0) is 45.5 Å². The highest BCUT2D eigenvalue weighted by Crippen LogP contribution is 2.21. The van der Waals surface area contributed by atoms with Gasteiger partial charge in [0.15, 0.2) is 0 Å². The van der Waals surface area contributed by atoms with Crippen molar-refractivity contribution in [2.45, 2.75) is 31.8 Å². The van der Waals surface area contributed by atoms with E-state index in [9.17, 15) is 0 Å². The number of nitrogens with two attached hydrogens (primary N) is 1. The molecule has 2 rings (SSSR count). The summed E-state index contributed by atoms with van der Waals surface area (Å²) in [5.41, 5.74) is 7.95. The van der Waals surface area contributed by atoms with Gasteiger partial charge in [0.2, 0.25) is 0 Å². The minimum absolute atomic E-state index is 0.00479. The molecule has 0 saturated carbocycles. The quantitative estimate of drug-likeness (QED) is 0.883. The number of likely N-dealkylation sites (N-methyl/N-ethyl adjacent to an activating group) is 2. The Morgan fingerprint density at radius 1 is 1.50 bits per heavy atom. The third-order valence-corrected chi connectivity index (χ3v) is 3.79. The van der Waals surface area contributed by atoms with Gasteiger partial charge in [-0.2, -0.15) is 0 Å². The summed E-state index contributed by atoms with van der Waals surface area (Å²) in [7, 11) is 4.35. The Morgan fingerprint density at radius 3 is 2.83 bits per heavy atom. The minimum Gasteiger partial charge on any atom is -0.369 e. The number of hydrogen-bond acceptors (Lipinski definition) is 4. The van der Waals surface area contributed by atoms with E-state index < -0.39 is 0 Å². The Labute approximate surface area is 110 Å². The van der Waals surface area contributed by atoms with Gasteiger partial charge in [0, 0.05) is 25.7 Å². The highest BCUT2D eigenvalue weighted by molar-refractivity contribution is 5.45. The average molecular weight is 248 g/mol. The number of rotatable bonds is 3. The lowest BCUT2D eigenvalue weighted by atomic mass is 10.0. The summed E-state index contributed by atoms with van der Waals surface area (Å²) in [6.07, 6.45) is 4.47. The topological polar surface area (TPSA) is 45.4 Å². The van der Waals surface area contributed by atoms with Crippen LogP contribution < -0.4 is 10.6 Å². The zero-order chi connectivity index (χ0) is 13.1. The maximum atomic E-state index is 5.82. The van der Waals surface area contributed by atoms with Crippen LogP contribution in [0, 0.1) is 0 Å². The maximum absolute atomic E-state index is 5.82. The van der Waals surface area contributed by atoms with Crippen LogP contribution in [0.4, 0.5) is 5.69 Å². The van der Waals surface area contributed by atoms with Crippen LogP contribution in [0.25, 0.3) is 0 Å². The van der Waals surface area contributed by atoms with Crippen LogP contribution >= 0.6 is 0 Å². The molecule has 0 aromatic carbocycles. The van der Waals surface area contributed by atoms with Crippen LogP contribution in [-0.2, 0) is 0 Å². The second-order valence-electron chi connectivity index (χ2n) is 5.40. The number of aromatic nitrogens is 1. The van der Waals surface area contributed by atoms with Gasteiger partial charge in [0.25, 0.3) is 0 Å². The molecule has 0 aliphatic carbocycles. The van der Waals surface area contributed by atoms with E-state index in [1.165, 1.54) is 25.1 Å². The lowest BCUT2D eigenvalue weighted by Gasteiger charge is -2.37. The van der Waals surface area contributed by atoms with E-state index >= 15 is 0 Å². The highest BCUT2D eigenvalue weighted by atomic mass is 15.2. The molecular weight excluding hydrogens is 224 g/mol. The lowest BCUT2D eigenvalue weighted by Crippen LogP contribution is -2.45. The summed E-state index contributed by atoms with van der Waals surface area (Å²) in [5.74, 6) is 0. The van der Waals surface area contributed by atoms with E-state index in [2.05, 4.69) is 34.9 Å². The normalized spacial score (nSPS) is 22.8. The first-order valence-corrected chi connectivity index (χ1v) is 6.71. The van der Waals surface area contributed by atoms with Crippen molar-refractivity contribution in [3.8, 4) is 0 Å². The fourth-order valence-electron chi connectivity index (χ4n) is 2.54. The summed E-state index contributed by atoms with van der Waals surface area (Å²) in [6.45, 7) is 4.31. The zero-order valence-electron chi connectivity index (χ0n) is 11.6. The van der Waals surface area contributed by atoms with Crippen LogP contribution in [0.5, 0.6) is 0 Å². The molecule has 0 bridgehead atoms. The number of hydrogen-bond donors (Lipinski definition) is 1. The van der Waals surface area contributed by atoms with Crippen molar-refractivity contribution in [2.24, 2.45) is 5.73 Å². The van der Waals surface area contributed by atoms with Crippen molar-refractivity contribution < 1.29 is 0 Å². The number of piperidine rings is 1. The van der Waals surface area contributed by atoms with Gasteiger partial charge in [0.1, 0.15) is 0 Å². The Kier molecular flexibility index (Phi) is 4.19. The monoisotopic (exact) mass is 248 g/mol. The molecule has 0 spiro atoms. The van der Waals surface area contributed by atoms with E-state index in [4.69, 9.17) is 5.73 Å². The molecule has 2 atom stereocenters. The summed E-state index contributed by atoms with van der Waals surface area (Å²) in [6, 6.07) is 4.75. The van der Waals surface area contributed by atoms with Crippen LogP contribution in [0.1, 0.15) is 31.5 Å².